The minimum Gasteiger partial charge on any atom is -0.444 e. The summed E-state index contributed by atoms with van der Waals surface area (Å²) in [5.74, 6) is 0.622. The fourth-order valence-electron chi connectivity index (χ4n) is 4.56. The summed E-state index contributed by atoms with van der Waals surface area (Å²) in [5, 5.41) is 0. The van der Waals surface area contributed by atoms with Gasteiger partial charge in [-0.05, 0) is 25.7 Å². The molecular formula is C21H26F2N2O3S. The van der Waals surface area contributed by atoms with E-state index in [4.69, 9.17) is 4.74 Å². The number of carbonyl (C=O) groups is 2. The number of Topliss-reactive ketones (excluding diaryl/α,β-unsaturated/α-hetero) is 1. The van der Waals surface area contributed by atoms with E-state index in [1.54, 1.807) is 0 Å². The molecule has 29 heavy (non-hydrogen) atoms. The topological polar surface area (TPSA) is 49.9 Å². The quantitative estimate of drug-likeness (QED) is 0.644. The van der Waals surface area contributed by atoms with Crippen molar-refractivity contribution in [2.75, 3.05) is 27.9 Å². The Morgan fingerprint density at radius 1 is 1.17 bits per heavy atom. The number of fused-ring (bicyclic) bond motifs is 2. The van der Waals surface area contributed by atoms with Gasteiger partial charge in [0.25, 0.3) is 0 Å². The van der Waals surface area contributed by atoms with Gasteiger partial charge < -0.3 is 9.64 Å². The van der Waals surface area contributed by atoms with Crippen molar-refractivity contribution >= 4 is 35.0 Å². The number of rotatable bonds is 7. The highest BCUT2D eigenvalue weighted by atomic mass is 32.2. The molecule has 2 unspecified atom stereocenters. The van der Waals surface area contributed by atoms with Gasteiger partial charge in [-0.3, -0.25) is 9.69 Å². The number of halogens is 2. The van der Waals surface area contributed by atoms with Crippen LogP contribution in [0.4, 0.5) is 25.0 Å². The maximum absolute atomic E-state index is 15.0. The van der Waals surface area contributed by atoms with Gasteiger partial charge in [0.05, 0.1) is 12.2 Å². The van der Waals surface area contributed by atoms with Crippen LogP contribution in [-0.2, 0) is 9.53 Å². The number of amides is 1. The van der Waals surface area contributed by atoms with E-state index in [-0.39, 0.29) is 35.8 Å². The molecule has 0 saturated carbocycles. The smallest absolute Gasteiger partial charge is 0.414 e. The summed E-state index contributed by atoms with van der Waals surface area (Å²) in [5.41, 5.74) is 0.186. The van der Waals surface area contributed by atoms with Crippen LogP contribution in [0.15, 0.2) is 12.1 Å². The average molecular weight is 425 g/mol. The highest BCUT2D eigenvalue weighted by molar-refractivity contribution is 7.99. The summed E-state index contributed by atoms with van der Waals surface area (Å²) >= 11 is 1.84. The van der Waals surface area contributed by atoms with Crippen molar-refractivity contribution in [2.24, 2.45) is 0 Å². The molecule has 0 spiro atoms. The molecule has 3 atom stereocenters. The number of hydrogen-bond donors (Lipinski definition) is 0. The third-order valence-electron chi connectivity index (χ3n) is 5.96. The van der Waals surface area contributed by atoms with E-state index < -0.39 is 23.8 Å². The molecule has 3 heterocycles. The van der Waals surface area contributed by atoms with Gasteiger partial charge in [0.2, 0.25) is 0 Å². The highest BCUT2D eigenvalue weighted by Crippen LogP contribution is 2.41. The molecule has 2 bridgehead atoms. The summed E-state index contributed by atoms with van der Waals surface area (Å²) in [4.78, 5) is 27.1. The lowest BCUT2D eigenvalue weighted by atomic mass is 10.1. The Kier molecular flexibility index (Phi) is 5.99. The zero-order valence-electron chi connectivity index (χ0n) is 16.5. The number of carbonyl (C=O) groups excluding carboxylic acids is 2. The zero-order valence-corrected chi connectivity index (χ0v) is 17.4. The van der Waals surface area contributed by atoms with Crippen LogP contribution in [0.25, 0.3) is 0 Å². The average Bonchev–Trinajstić information content (AvgIpc) is 3.15. The standard InChI is InChI=1S/C21H26F2N2O3S/c1-2-3-16(26)6-7-17-10-24(21(27)28-17)15-8-18(22)20(19(23)9-15)25-13-4-5-14(25)12-29-11-13/h8-9,13-14,17H,2-7,10-12H2,1H3/t13?,14?,17-/m0/s1. The first-order valence-electron chi connectivity index (χ1n) is 10.3. The fourth-order valence-corrected chi connectivity index (χ4v) is 5.89. The lowest BCUT2D eigenvalue weighted by Gasteiger charge is -2.37. The number of benzene rings is 1. The van der Waals surface area contributed by atoms with Crippen molar-refractivity contribution in [3.8, 4) is 0 Å². The second-order valence-corrected chi connectivity index (χ2v) is 9.11. The van der Waals surface area contributed by atoms with Gasteiger partial charge in [-0.2, -0.15) is 11.8 Å². The molecule has 0 radical (unpaired) electrons. The van der Waals surface area contributed by atoms with Crippen LogP contribution in [0.2, 0.25) is 0 Å². The van der Waals surface area contributed by atoms with Crippen molar-refractivity contribution in [3.63, 3.8) is 0 Å². The molecule has 1 amide bonds. The lowest BCUT2D eigenvalue weighted by molar-refractivity contribution is -0.119. The Labute approximate surface area is 173 Å². The summed E-state index contributed by atoms with van der Waals surface area (Å²) in [6.07, 6.45) is 2.92. The predicted octanol–water partition coefficient (Wildman–Crippen LogP) is 4.52. The minimum atomic E-state index is -0.641. The number of hydrogen-bond acceptors (Lipinski definition) is 5. The molecule has 0 aliphatic carbocycles. The molecule has 0 N–H and O–H groups in total. The van der Waals surface area contributed by atoms with E-state index in [1.807, 2.05) is 23.6 Å². The summed E-state index contributed by atoms with van der Waals surface area (Å²) in [6.45, 7) is 2.14. The molecule has 8 heteroatoms. The Bertz CT molecular complexity index is 767. The van der Waals surface area contributed by atoms with Gasteiger partial charge in [0, 0.05) is 48.6 Å². The Morgan fingerprint density at radius 3 is 2.45 bits per heavy atom. The minimum absolute atomic E-state index is 0.0239. The third kappa shape index (κ3) is 4.09. The van der Waals surface area contributed by atoms with E-state index in [0.717, 1.165) is 30.8 Å². The van der Waals surface area contributed by atoms with Gasteiger partial charge in [0.1, 0.15) is 17.6 Å². The van der Waals surface area contributed by atoms with Crippen molar-refractivity contribution in [1.82, 2.24) is 0 Å². The van der Waals surface area contributed by atoms with Crippen molar-refractivity contribution in [3.05, 3.63) is 23.8 Å². The number of ketones is 1. The summed E-state index contributed by atoms with van der Waals surface area (Å²) < 4.78 is 35.3. The molecule has 1 aromatic carbocycles. The predicted molar refractivity (Wildman–Crippen MR) is 110 cm³/mol. The summed E-state index contributed by atoms with van der Waals surface area (Å²) in [7, 11) is 0. The largest absolute Gasteiger partial charge is 0.444 e. The SMILES string of the molecule is CCCC(=O)CC[C@H]1CN(c2cc(F)c(N3C4CCC3CSC4)c(F)c2)C(=O)O1. The van der Waals surface area contributed by atoms with Crippen LogP contribution in [0.5, 0.6) is 0 Å². The maximum atomic E-state index is 15.0. The second-order valence-electron chi connectivity index (χ2n) is 8.03. The van der Waals surface area contributed by atoms with E-state index in [9.17, 15) is 18.4 Å². The zero-order chi connectivity index (χ0) is 20.5. The van der Waals surface area contributed by atoms with Gasteiger partial charge in [0.15, 0.2) is 11.6 Å². The van der Waals surface area contributed by atoms with E-state index in [1.165, 1.54) is 17.0 Å². The lowest BCUT2D eigenvalue weighted by Crippen LogP contribution is -2.43. The molecule has 3 aliphatic heterocycles. The Morgan fingerprint density at radius 2 is 1.83 bits per heavy atom. The Hall–Kier alpha value is -1.83. The molecule has 0 aromatic heterocycles. The number of thioether (sulfide) groups is 1. The molecule has 4 rings (SSSR count). The van der Waals surface area contributed by atoms with E-state index in [0.29, 0.717) is 19.3 Å². The number of cyclic esters (lactones) is 1. The van der Waals surface area contributed by atoms with Crippen LogP contribution < -0.4 is 9.80 Å². The molecule has 3 saturated heterocycles. The van der Waals surface area contributed by atoms with Crippen molar-refractivity contribution in [2.45, 2.75) is 63.6 Å². The first-order valence-corrected chi connectivity index (χ1v) is 11.5. The van der Waals surface area contributed by atoms with Gasteiger partial charge >= 0.3 is 6.09 Å². The van der Waals surface area contributed by atoms with E-state index in [2.05, 4.69) is 0 Å². The molecule has 3 aliphatic rings. The first-order chi connectivity index (χ1) is 14.0. The maximum Gasteiger partial charge on any atom is 0.414 e. The van der Waals surface area contributed by atoms with Crippen molar-refractivity contribution < 1.29 is 23.1 Å². The molecule has 5 nitrogen and oxygen atoms in total. The Balaban J connectivity index is 1.48. The van der Waals surface area contributed by atoms with Crippen LogP contribution in [-0.4, -0.2) is 48.1 Å². The van der Waals surface area contributed by atoms with Crippen LogP contribution in [0.1, 0.15) is 45.4 Å². The number of anilines is 2. The van der Waals surface area contributed by atoms with Crippen molar-refractivity contribution in [1.29, 1.82) is 0 Å². The fraction of sp³-hybridized carbons (Fsp3) is 0.619. The second kappa shape index (κ2) is 8.50. The van der Waals surface area contributed by atoms with Gasteiger partial charge in [-0.25, -0.2) is 13.6 Å². The first kappa shape index (κ1) is 20.4. The molecular weight excluding hydrogens is 398 g/mol. The summed E-state index contributed by atoms with van der Waals surface area (Å²) in [6, 6.07) is 2.78. The number of ether oxygens (including phenoxy) is 1. The van der Waals surface area contributed by atoms with Crippen LogP contribution in [0, 0.1) is 11.6 Å². The normalized spacial score (nSPS) is 26.2. The molecule has 158 valence electrons. The number of nitrogens with zero attached hydrogens (tertiary/aromatic N) is 2. The monoisotopic (exact) mass is 424 g/mol. The van der Waals surface area contributed by atoms with Crippen LogP contribution >= 0.6 is 11.8 Å². The van der Waals surface area contributed by atoms with Crippen LogP contribution in [0.3, 0.4) is 0 Å². The van der Waals surface area contributed by atoms with Gasteiger partial charge in [-0.1, -0.05) is 6.92 Å². The molecule has 3 fully saturated rings. The molecule has 1 aromatic rings. The highest BCUT2D eigenvalue weighted by Gasteiger charge is 2.40. The van der Waals surface area contributed by atoms with E-state index >= 15 is 0 Å². The van der Waals surface area contributed by atoms with Gasteiger partial charge in [-0.15, -0.1) is 0 Å². The third-order valence-corrected chi connectivity index (χ3v) is 7.20.